The standard InChI is InChI=1S/C19H25NO14/c21-5-10-13(24)16(27)19(7-22,33-10)34-18-15(26)14(25)12(23)11(32-18)6-31-17(28)8-1-3-9(4-2-8)20(29)30/h1-4,10-16,18,21-27H,5-7H2/t10-,11-,12-,13-,14+,15-,16+,18-,19+/m1/s1. The minimum atomic E-state index is -2.35. The van der Waals surface area contributed by atoms with Crippen LogP contribution in [0.25, 0.3) is 0 Å². The molecule has 15 heteroatoms. The van der Waals surface area contributed by atoms with Gasteiger partial charge in [0.25, 0.3) is 5.69 Å². The van der Waals surface area contributed by atoms with E-state index in [1.807, 2.05) is 0 Å². The number of carbonyl (C=O) groups excluding carboxylic acids is 1. The van der Waals surface area contributed by atoms with Gasteiger partial charge in [0, 0.05) is 12.1 Å². The Balaban J connectivity index is 1.68. The summed E-state index contributed by atoms with van der Waals surface area (Å²) in [6.45, 7) is -2.44. The van der Waals surface area contributed by atoms with Gasteiger partial charge >= 0.3 is 5.97 Å². The van der Waals surface area contributed by atoms with Gasteiger partial charge in [-0.05, 0) is 12.1 Å². The molecule has 1 aromatic rings. The fraction of sp³-hybridized carbons (Fsp3) is 0.632. The Morgan fingerprint density at radius 1 is 1.00 bits per heavy atom. The number of hydrogen-bond donors (Lipinski definition) is 7. The van der Waals surface area contributed by atoms with Crippen molar-refractivity contribution in [1.82, 2.24) is 0 Å². The van der Waals surface area contributed by atoms with Crippen LogP contribution in [-0.2, 0) is 18.9 Å². The van der Waals surface area contributed by atoms with Gasteiger partial charge in [0.1, 0.15) is 55.9 Å². The summed E-state index contributed by atoms with van der Waals surface area (Å²) in [5.74, 6) is -3.28. The van der Waals surface area contributed by atoms with E-state index in [-0.39, 0.29) is 11.3 Å². The van der Waals surface area contributed by atoms with Gasteiger partial charge in [-0.1, -0.05) is 0 Å². The summed E-state index contributed by atoms with van der Waals surface area (Å²) in [5, 5.41) is 80.5. The van der Waals surface area contributed by atoms with Crippen molar-refractivity contribution in [3.8, 4) is 0 Å². The number of nitrogens with zero attached hydrogens (tertiary/aromatic N) is 1. The van der Waals surface area contributed by atoms with Gasteiger partial charge in [-0.15, -0.1) is 0 Å². The average molecular weight is 491 g/mol. The summed E-state index contributed by atoms with van der Waals surface area (Å²) in [6.07, 6.45) is -13.7. The van der Waals surface area contributed by atoms with Crippen molar-refractivity contribution in [2.45, 2.75) is 54.8 Å². The molecule has 0 spiro atoms. The first kappa shape index (κ1) is 26.3. The molecule has 1 aromatic carbocycles. The minimum absolute atomic E-state index is 0.0463. The first-order valence-electron chi connectivity index (χ1n) is 10.1. The molecule has 0 radical (unpaired) electrons. The van der Waals surface area contributed by atoms with Crippen LogP contribution >= 0.6 is 0 Å². The SMILES string of the molecule is O=C(OC[C@H]1O[C@H](O[C@]2(CO)O[C@H](CO)[C@@H](O)[C@@H]2O)[C@H](O)[C@@H](O)[C@@H]1O)c1ccc([N+](=O)[O-])cc1. The molecule has 0 unspecified atom stereocenters. The second-order valence-electron chi connectivity index (χ2n) is 7.78. The van der Waals surface area contributed by atoms with Crippen LogP contribution in [0.1, 0.15) is 10.4 Å². The summed E-state index contributed by atoms with van der Waals surface area (Å²) < 4.78 is 20.9. The summed E-state index contributed by atoms with van der Waals surface area (Å²) in [5.41, 5.74) is -0.294. The minimum Gasteiger partial charge on any atom is -0.459 e. The van der Waals surface area contributed by atoms with E-state index in [0.29, 0.717) is 0 Å². The Morgan fingerprint density at radius 2 is 1.65 bits per heavy atom. The summed E-state index contributed by atoms with van der Waals surface area (Å²) >= 11 is 0. The molecular weight excluding hydrogens is 466 g/mol. The second-order valence-corrected chi connectivity index (χ2v) is 7.78. The number of hydrogen-bond acceptors (Lipinski definition) is 14. The third-order valence-corrected chi connectivity index (χ3v) is 5.58. The Bertz CT molecular complexity index is 867. The molecule has 34 heavy (non-hydrogen) atoms. The summed E-state index contributed by atoms with van der Waals surface area (Å²) in [4.78, 5) is 22.3. The smallest absolute Gasteiger partial charge is 0.338 e. The quantitative estimate of drug-likeness (QED) is 0.106. The van der Waals surface area contributed by atoms with Gasteiger partial charge in [0.15, 0.2) is 6.29 Å². The molecule has 0 saturated carbocycles. The van der Waals surface area contributed by atoms with E-state index in [0.717, 1.165) is 24.3 Å². The molecule has 3 rings (SSSR count). The molecule has 190 valence electrons. The molecule has 0 bridgehead atoms. The van der Waals surface area contributed by atoms with Crippen LogP contribution in [0.3, 0.4) is 0 Å². The van der Waals surface area contributed by atoms with Crippen LogP contribution in [-0.4, -0.2) is 121 Å². The number of nitro groups is 1. The number of aliphatic hydroxyl groups is 7. The first-order valence-corrected chi connectivity index (χ1v) is 10.1. The first-order chi connectivity index (χ1) is 16.0. The van der Waals surface area contributed by atoms with E-state index in [2.05, 4.69) is 0 Å². The third kappa shape index (κ3) is 5.03. The molecule has 0 aliphatic carbocycles. The molecule has 2 aliphatic rings. The lowest BCUT2D eigenvalue weighted by Crippen LogP contribution is -2.62. The topological polar surface area (TPSA) is 239 Å². The molecule has 15 nitrogen and oxygen atoms in total. The Labute approximate surface area is 191 Å². The molecule has 2 saturated heterocycles. The number of carbonyl (C=O) groups is 1. The predicted molar refractivity (Wildman–Crippen MR) is 105 cm³/mol. The van der Waals surface area contributed by atoms with Gasteiger partial charge in [-0.25, -0.2) is 4.79 Å². The maximum atomic E-state index is 12.2. The number of benzene rings is 1. The monoisotopic (exact) mass is 491 g/mol. The zero-order valence-corrected chi connectivity index (χ0v) is 17.5. The second kappa shape index (κ2) is 10.5. The van der Waals surface area contributed by atoms with Gasteiger partial charge in [-0.3, -0.25) is 10.1 Å². The number of esters is 1. The van der Waals surface area contributed by atoms with Crippen molar-refractivity contribution in [1.29, 1.82) is 0 Å². The molecule has 7 N–H and O–H groups in total. The number of ether oxygens (including phenoxy) is 4. The number of non-ortho nitro benzene ring substituents is 1. The van der Waals surface area contributed by atoms with E-state index in [1.165, 1.54) is 0 Å². The number of rotatable bonds is 8. The van der Waals surface area contributed by atoms with Crippen molar-refractivity contribution in [2.24, 2.45) is 0 Å². The van der Waals surface area contributed by atoms with Gasteiger partial charge in [0.05, 0.1) is 17.1 Å². The maximum Gasteiger partial charge on any atom is 0.338 e. The van der Waals surface area contributed by atoms with Crippen LogP contribution in [0.15, 0.2) is 24.3 Å². The van der Waals surface area contributed by atoms with Crippen molar-refractivity contribution in [3.63, 3.8) is 0 Å². The maximum absolute atomic E-state index is 12.2. The van der Waals surface area contributed by atoms with Crippen LogP contribution in [0, 0.1) is 10.1 Å². The number of nitro benzene ring substituents is 1. The molecule has 9 atom stereocenters. The third-order valence-electron chi connectivity index (χ3n) is 5.58. The molecule has 0 aromatic heterocycles. The Kier molecular flexibility index (Phi) is 8.14. The molecular formula is C19H25NO14. The molecule has 2 heterocycles. The van der Waals surface area contributed by atoms with Crippen molar-refractivity contribution >= 4 is 11.7 Å². The van der Waals surface area contributed by atoms with Gasteiger partial charge in [-0.2, -0.15) is 0 Å². The van der Waals surface area contributed by atoms with E-state index in [1.54, 1.807) is 0 Å². The molecule has 0 amide bonds. The normalized spacial score (nSPS) is 38.0. The van der Waals surface area contributed by atoms with Crippen molar-refractivity contribution < 1.29 is 64.4 Å². The van der Waals surface area contributed by atoms with Crippen molar-refractivity contribution in [2.75, 3.05) is 19.8 Å². The predicted octanol–water partition coefficient (Wildman–Crippen LogP) is -3.62. The van der Waals surface area contributed by atoms with E-state index in [9.17, 15) is 50.7 Å². The fourth-order valence-corrected chi connectivity index (χ4v) is 3.58. The number of aliphatic hydroxyl groups excluding tert-OH is 7. The van der Waals surface area contributed by atoms with Crippen LogP contribution in [0.4, 0.5) is 5.69 Å². The van der Waals surface area contributed by atoms with E-state index in [4.69, 9.17) is 18.9 Å². The fourth-order valence-electron chi connectivity index (χ4n) is 3.58. The molecule has 2 aliphatic heterocycles. The highest BCUT2D eigenvalue weighted by Gasteiger charge is 2.58. The average Bonchev–Trinajstić information content (AvgIpc) is 3.08. The Morgan fingerprint density at radius 3 is 2.18 bits per heavy atom. The zero-order chi connectivity index (χ0) is 25.2. The van der Waals surface area contributed by atoms with Crippen LogP contribution < -0.4 is 0 Å². The zero-order valence-electron chi connectivity index (χ0n) is 17.5. The van der Waals surface area contributed by atoms with E-state index >= 15 is 0 Å². The van der Waals surface area contributed by atoms with Crippen LogP contribution in [0.2, 0.25) is 0 Å². The Hall–Kier alpha value is -2.31. The lowest BCUT2D eigenvalue weighted by molar-refractivity contribution is -0.384. The highest BCUT2D eigenvalue weighted by Crippen LogP contribution is 2.36. The largest absolute Gasteiger partial charge is 0.459 e. The van der Waals surface area contributed by atoms with Gasteiger partial charge in [0.2, 0.25) is 5.79 Å². The highest BCUT2D eigenvalue weighted by molar-refractivity contribution is 5.89. The van der Waals surface area contributed by atoms with Crippen molar-refractivity contribution in [3.05, 3.63) is 39.9 Å². The van der Waals surface area contributed by atoms with E-state index < -0.39 is 85.5 Å². The van der Waals surface area contributed by atoms with Gasteiger partial charge < -0.3 is 54.7 Å². The highest BCUT2D eigenvalue weighted by atomic mass is 16.8. The molecule has 2 fully saturated rings. The lowest BCUT2D eigenvalue weighted by atomic mass is 9.99. The summed E-state index contributed by atoms with van der Waals surface area (Å²) in [6, 6.07) is 4.47. The summed E-state index contributed by atoms with van der Waals surface area (Å²) in [7, 11) is 0. The van der Waals surface area contributed by atoms with Crippen LogP contribution in [0.5, 0.6) is 0 Å². The lowest BCUT2D eigenvalue weighted by Gasteiger charge is -2.43.